The SMILES string of the molecule is CN(CCc1ccncc1)Cc1csc([C@H]2CCCO2)n1. The van der Waals surface area contributed by atoms with Crippen LogP contribution in [0.25, 0.3) is 0 Å². The molecule has 21 heavy (non-hydrogen) atoms. The second kappa shape index (κ2) is 7.11. The van der Waals surface area contributed by atoms with Crippen LogP contribution < -0.4 is 0 Å². The number of rotatable bonds is 6. The quantitative estimate of drug-likeness (QED) is 0.822. The topological polar surface area (TPSA) is 38.2 Å². The predicted octanol–water partition coefficient (Wildman–Crippen LogP) is 3.06. The largest absolute Gasteiger partial charge is 0.371 e. The van der Waals surface area contributed by atoms with Crippen LogP contribution in [0.4, 0.5) is 0 Å². The molecule has 4 nitrogen and oxygen atoms in total. The lowest BCUT2D eigenvalue weighted by atomic mass is 10.2. The first-order valence-corrected chi connectivity index (χ1v) is 8.32. The molecule has 5 heteroatoms. The molecular weight excluding hydrogens is 282 g/mol. The van der Waals surface area contributed by atoms with Crippen molar-refractivity contribution in [1.82, 2.24) is 14.9 Å². The number of hydrogen-bond acceptors (Lipinski definition) is 5. The Hall–Kier alpha value is -1.30. The van der Waals surface area contributed by atoms with Gasteiger partial charge in [0.15, 0.2) is 0 Å². The lowest BCUT2D eigenvalue weighted by Crippen LogP contribution is -2.21. The van der Waals surface area contributed by atoms with Gasteiger partial charge in [0.2, 0.25) is 0 Å². The summed E-state index contributed by atoms with van der Waals surface area (Å²) in [6.45, 7) is 2.80. The molecule has 2 aromatic rings. The number of thiazole rings is 1. The maximum absolute atomic E-state index is 5.69. The molecule has 3 rings (SSSR count). The van der Waals surface area contributed by atoms with Gasteiger partial charge < -0.3 is 9.64 Å². The van der Waals surface area contributed by atoms with Gasteiger partial charge in [-0.2, -0.15) is 0 Å². The molecule has 0 spiro atoms. The van der Waals surface area contributed by atoms with Gasteiger partial charge in [0.1, 0.15) is 11.1 Å². The first-order valence-electron chi connectivity index (χ1n) is 7.44. The van der Waals surface area contributed by atoms with Crippen LogP contribution in [0.5, 0.6) is 0 Å². The van der Waals surface area contributed by atoms with Crippen LogP contribution in [0.2, 0.25) is 0 Å². The summed E-state index contributed by atoms with van der Waals surface area (Å²) in [6, 6.07) is 4.15. The van der Waals surface area contributed by atoms with E-state index in [0.29, 0.717) is 0 Å². The lowest BCUT2D eigenvalue weighted by Gasteiger charge is -2.15. The molecule has 2 aromatic heterocycles. The van der Waals surface area contributed by atoms with Crippen molar-refractivity contribution in [3.63, 3.8) is 0 Å². The Kier molecular flexibility index (Phi) is 4.95. The van der Waals surface area contributed by atoms with Crippen LogP contribution in [0.3, 0.4) is 0 Å². The van der Waals surface area contributed by atoms with Gasteiger partial charge in [-0.25, -0.2) is 4.98 Å². The molecule has 1 aliphatic heterocycles. The monoisotopic (exact) mass is 303 g/mol. The number of nitrogens with zero attached hydrogens (tertiary/aromatic N) is 3. The number of ether oxygens (including phenoxy) is 1. The Bertz CT molecular complexity index is 552. The molecule has 1 atom stereocenters. The van der Waals surface area contributed by atoms with E-state index in [4.69, 9.17) is 9.72 Å². The fourth-order valence-electron chi connectivity index (χ4n) is 2.54. The summed E-state index contributed by atoms with van der Waals surface area (Å²) in [4.78, 5) is 11.1. The summed E-state index contributed by atoms with van der Waals surface area (Å²) >= 11 is 1.73. The van der Waals surface area contributed by atoms with Crippen molar-refractivity contribution in [3.8, 4) is 0 Å². The fourth-order valence-corrected chi connectivity index (χ4v) is 3.43. The highest BCUT2D eigenvalue weighted by Gasteiger charge is 2.20. The van der Waals surface area contributed by atoms with Gasteiger partial charge >= 0.3 is 0 Å². The van der Waals surface area contributed by atoms with Crippen molar-refractivity contribution >= 4 is 11.3 Å². The van der Waals surface area contributed by atoms with Crippen LogP contribution in [0.1, 0.15) is 35.2 Å². The average molecular weight is 303 g/mol. The van der Waals surface area contributed by atoms with Crippen molar-refractivity contribution < 1.29 is 4.74 Å². The maximum atomic E-state index is 5.69. The Labute approximate surface area is 129 Å². The molecule has 0 unspecified atom stereocenters. The lowest BCUT2D eigenvalue weighted by molar-refractivity contribution is 0.111. The van der Waals surface area contributed by atoms with Gasteiger partial charge in [0.05, 0.1) is 5.69 Å². The molecule has 1 saturated heterocycles. The first kappa shape index (κ1) is 14.6. The summed E-state index contributed by atoms with van der Waals surface area (Å²) in [6.07, 6.45) is 7.26. The zero-order valence-electron chi connectivity index (χ0n) is 12.4. The molecule has 3 heterocycles. The molecule has 1 fully saturated rings. The van der Waals surface area contributed by atoms with E-state index >= 15 is 0 Å². The van der Waals surface area contributed by atoms with Crippen LogP contribution in [0, 0.1) is 0 Å². The van der Waals surface area contributed by atoms with E-state index in [1.165, 1.54) is 5.56 Å². The Morgan fingerprint density at radius 1 is 1.38 bits per heavy atom. The van der Waals surface area contributed by atoms with E-state index in [2.05, 4.69) is 34.4 Å². The van der Waals surface area contributed by atoms with E-state index in [1.807, 2.05) is 12.4 Å². The first-order chi connectivity index (χ1) is 10.3. The van der Waals surface area contributed by atoms with Gasteiger partial charge in [-0.05, 0) is 44.0 Å². The van der Waals surface area contributed by atoms with Crippen molar-refractivity contribution in [2.75, 3.05) is 20.2 Å². The summed E-state index contributed by atoms with van der Waals surface area (Å²) < 4.78 is 5.69. The van der Waals surface area contributed by atoms with Crippen LogP contribution >= 0.6 is 11.3 Å². The third-order valence-corrected chi connectivity index (χ3v) is 4.72. The molecule has 0 saturated carbocycles. The van der Waals surface area contributed by atoms with Gasteiger partial charge in [0.25, 0.3) is 0 Å². The molecule has 0 radical (unpaired) electrons. The highest BCUT2D eigenvalue weighted by molar-refractivity contribution is 7.09. The number of likely N-dealkylation sites (N-methyl/N-ethyl adjacent to an activating group) is 1. The molecular formula is C16H21N3OS. The number of pyridine rings is 1. The van der Waals surface area contributed by atoms with Gasteiger partial charge in [0, 0.05) is 37.5 Å². The Balaban J connectivity index is 1.49. The summed E-state index contributed by atoms with van der Waals surface area (Å²) in [7, 11) is 2.15. The van der Waals surface area contributed by atoms with Crippen molar-refractivity contribution in [1.29, 1.82) is 0 Å². The van der Waals surface area contributed by atoms with Gasteiger partial charge in [-0.15, -0.1) is 11.3 Å². The van der Waals surface area contributed by atoms with Crippen LogP contribution in [-0.2, 0) is 17.7 Å². The minimum atomic E-state index is 0.242. The van der Waals surface area contributed by atoms with E-state index < -0.39 is 0 Å². The number of aromatic nitrogens is 2. The van der Waals surface area contributed by atoms with E-state index in [1.54, 1.807) is 11.3 Å². The molecule has 0 bridgehead atoms. The smallest absolute Gasteiger partial charge is 0.122 e. The Morgan fingerprint density at radius 2 is 2.24 bits per heavy atom. The average Bonchev–Trinajstić information content (AvgIpc) is 3.17. The van der Waals surface area contributed by atoms with E-state index in [0.717, 1.165) is 49.7 Å². The van der Waals surface area contributed by atoms with Gasteiger partial charge in [-0.1, -0.05) is 0 Å². The van der Waals surface area contributed by atoms with Crippen LogP contribution in [-0.4, -0.2) is 35.1 Å². The predicted molar refractivity (Wildman–Crippen MR) is 84.3 cm³/mol. The van der Waals surface area contributed by atoms with E-state index in [-0.39, 0.29) is 6.10 Å². The second-order valence-corrected chi connectivity index (χ2v) is 6.41. The zero-order chi connectivity index (χ0) is 14.5. The van der Waals surface area contributed by atoms with E-state index in [9.17, 15) is 0 Å². The minimum Gasteiger partial charge on any atom is -0.371 e. The van der Waals surface area contributed by atoms with Crippen LogP contribution in [0.15, 0.2) is 29.9 Å². The van der Waals surface area contributed by atoms with Crippen molar-refractivity contribution in [2.24, 2.45) is 0 Å². The highest BCUT2D eigenvalue weighted by Crippen LogP contribution is 2.30. The fraction of sp³-hybridized carbons (Fsp3) is 0.500. The summed E-state index contributed by atoms with van der Waals surface area (Å²) in [5.41, 5.74) is 2.48. The molecule has 1 aliphatic rings. The van der Waals surface area contributed by atoms with Gasteiger partial charge in [-0.3, -0.25) is 4.98 Å². The maximum Gasteiger partial charge on any atom is 0.122 e. The third kappa shape index (κ3) is 4.09. The highest BCUT2D eigenvalue weighted by atomic mass is 32.1. The molecule has 0 amide bonds. The molecule has 0 aromatic carbocycles. The normalized spacial score (nSPS) is 18.5. The van der Waals surface area contributed by atoms with Crippen molar-refractivity contribution in [3.05, 3.63) is 46.2 Å². The molecule has 112 valence electrons. The Morgan fingerprint density at radius 3 is 3.00 bits per heavy atom. The zero-order valence-corrected chi connectivity index (χ0v) is 13.2. The third-order valence-electron chi connectivity index (χ3n) is 3.74. The standard InChI is InChI=1S/C16H21N3OS/c1-19(9-6-13-4-7-17-8-5-13)11-14-12-21-16(18-14)15-3-2-10-20-15/h4-5,7-8,12,15H,2-3,6,9-11H2,1H3/t15-/m1/s1. The van der Waals surface area contributed by atoms with Crippen molar-refractivity contribution in [2.45, 2.75) is 31.9 Å². The molecule has 0 N–H and O–H groups in total. The molecule has 0 aliphatic carbocycles. The number of hydrogen-bond donors (Lipinski definition) is 0. The second-order valence-electron chi connectivity index (χ2n) is 5.52. The summed E-state index contributed by atoms with van der Waals surface area (Å²) in [5.74, 6) is 0. The minimum absolute atomic E-state index is 0.242. The summed E-state index contributed by atoms with van der Waals surface area (Å²) in [5, 5.41) is 3.31.